The number of halogens is 4. The van der Waals surface area contributed by atoms with Crippen LogP contribution in [0, 0.1) is 19.7 Å². The Morgan fingerprint density at radius 2 is 1.48 bits per heavy atom. The molecule has 3 aromatic carbocycles. The molecule has 232 valence electrons. The third-order valence-corrected chi connectivity index (χ3v) is 7.25. The minimum absolute atomic E-state index is 0.233. The first kappa shape index (κ1) is 32.3. The number of ether oxygens (including phenoxy) is 1. The fourth-order valence-electron chi connectivity index (χ4n) is 5.01. The zero-order valence-electron chi connectivity index (χ0n) is 25.0. The second-order valence-electron chi connectivity index (χ2n) is 11.1. The van der Waals surface area contributed by atoms with Gasteiger partial charge in [0.1, 0.15) is 23.2 Å². The van der Waals surface area contributed by atoms with Crippen molar-refractivity contribution in [3.63, 3.8) is 0 Å². The molecule has 2 aromatic heterocycles. The molecule has 0 radical (unpaired) electrons. The lowest BCUT2D eigenvalue weighted by Crippen LogP contribution is -2.53. The summed E-state index contributed by atoms with van der Waals surface area (Å²) in [4.78, 5) is 16.7. The zero-order valence-corrected chi connectivity index (χ0v) is 25.0. The second-order valence-corrected chi connectivity index (χ2v) is 11.1. The smallest absolute Gasteiger partial charge is 0.418 e. The summed E-state index contributed by atoms with van der Waals surface area (Å²) >= 11 is 0. The maximum absolute atomic E-state index is 14.1. The molecule has 0 fully saturated rings. The molecule has 0 spiro atoms. The molecule has 0 amide bonds. The third kappa shape index (κ3) is 7.13. The number of rotatable bonds is 7. The van der Waals surface area contributed by atoms with Crippen LogP contribution in [-0.2, 0) is 5.41 Å². The summed E-state index contributed by atoms with van der Waals surface area (Å²) in [5.41, 5.74) is 4.16. The first-order valence-corrected chi connectivity index (χ1v) is 13.7. The monoisotopic (exact) mass is 610 g/mol. The van der Waals surface area contributed by atoms with Gasteiger partial charge in [0.2, 0.25) is 0 Å². The SMILES string of the molecule is COc1ccc(F)cc1C(C)(C)CC(O)(CNc1cccc2nc(C)ncc12)C(F)(F)F.Cc1ncc2c(N)cccc2n1. The van der Waals surface area contributed by atoms with Crippen molar-refractivity contribution in [2.24, 2.45) is 0 Å². The van der Waals surface area contributed by atoms with Crippen molar-refractivity contribution >= 4 is 33.2 Å². The quantitative estimate of drug-likeness (QED) is 0.138. The number of aromatic nitrogens is 4. The molecule has 0 bridgehead atoms. The van der Waals surface area contributed by atoms with E-state index in [1.54, 1.807) is 31.3 Å². The van der Waals surface area contributed by atoms with Crippen LogP contribution in [0.3, 0.4) is 0 Å². The van der Waals surface area contributed by atoms with Crippen molar-refractivity contribution in [3.05, 3.63) is 90.0 Å². The van der Waals surface area contributed by atoms with Gasteiger partial charge >= 0.3 is 6.18 Å². The predicted octanol–water partition coefficient (Wildman–Crippen LogP) is 6.68. The number of aliphatic hydroxyl groups is 1. The van der Waals surface area contributed by atoms with E-state index in [0.29, 0.717) is 22.4 Å². The summed E-state index contributed by atoms with van der Waals surface area (Å²) in [6.45, 7) is 5.78. The van der Waals surface area contributed by atoms with E-state index in [0.717, 1.165) is 28.5 Å². The number of hydrogen-bond donors (Lipinski definition) is 3. The van der Waals surface area contributed by atoms with Crippen LogP contribution < -0.4 is 15.8 Å². The Bertz CT molecular complexity index is 1780. The van der Waals surface area contributed by atoms with E-state index in [1.165, 1.54) is 39.3 Å². The van der Waals surface area contributed by atoms with E-state index in [9.17, 15) is 22.7 Å². The molecule has 44 heavy (non-hydrogen) atoms. The van der Waals surface area contributed by atoms with Gasteiger partial charge in [-0.05, 0) is 68.1 Å². The van der Waals surface area contributed by atoms with E-state index in [2.05, 4.69) is 25.3 Å². The molecule has 4 N–H and O–H groups in total. The highest BCUT2D eigenvalue weighted by molar-refractivity contribution is 5.91. The number of fused-ring (bicyclic) bond motifs is 2. The minimum Gasteiger partial charge on any atom is -0.496 e. The standard InChI is InChI=1S/C23H25F4N3O2.C9H9N3/c1-14-28-11-16-18(6-5-7-19(16)30-14)29-13-22(31,23(25,26)27)12-21(2,3)17-10-15(24)8-9-20(17)32-4;1-6-11-5-7-8(10)3-2-4-9(7)12-6/h5-11,29,31H,12-13H2,1-4H3;2-5H,10H2,1H3. The Morgan fingerprint density at radius 1 is 0.886 bits per heavy atom. The van der Waals surface area contributed by atoms with Gasteiger partial charge in [-0.2, -0.15) is 13.2 Å². The molecule has 5 rings (SSSR count). The van der Waals surface area contributed by atoms with Gasteiger partial charge in [0.15, 0.2) is 5.60 Å². The van der Waals surface area contributed by atoms with Crippen molar-refractivity contribution in [3.8, 4) is 5.75 Å². The Kier molecular flexibility index (Phi) is 9.24. The van der Waals surface area contributed by atoms with Gasteiger partial charge in [0.25, 0.3) is 0 Å². The fourth-order valence-corrected chi connectivity index (χ4v) is 5.01. The summed E-state index contributed by atoms with van der Waals surface area (Å²) < 4.78 is 61.3. The lowest BCUT2D eigenvalue weighted by molar-refractivity contribution is -0.260. The number of benzene rings is 3. The summed E-state index contributed by atoms with van der Waals surface area (Å²) in [7, 11) is 1.36. The molecule has 1 unspecified atom stereocenters. The number of nitrogens with zero attached hydrogens (tertiary/aromatic N) is 4. The van der Waals surface area contributed by atoms with Crippen LogP contribution >= 0.6 is 0 Å². The molecule has 0 aliphatic heterocycles. The van der Waals surface area contributed by atoms with Gasteiger partial charge in [-0.3, -0.25) is 0 Å². The van der Waals surface area contributed by atoms with Crippen LogP contribution in [0.2, 0.25) is 0 Å². The Morgan fingerprint density at radius 3 is 2.09 bits per heavy atom. The zero-order chi connectivity index (χ0) is 32.3. The Labute approximate surface area is 252 Å². The number of nitrogens with one attached hydrogen (secondary N) is 1. The number of nitrogens with two attached hydrogens (primary N) is 1. The molecule has 12 heteroatoms. The Hall–Kier alpha value is -4.58. The summed E-state index contributed by atoms with van der Waals surface area (Å²) in [6.07, 6.45) is -2.40. The van der Waals surface area contributed by atoms with Crippen LogP contribution in [0.15, 0.2) is 67.0 Å². The molecule has 2 heterocycles. The second kappa shape index (κ2) is 12.6. The van der Waals surface area contributed by atoms with Gasteiger partial charge in [-0.15, -0.1) is 0 Å². The molecule has 0 aliphatic rings. The fraction of sp³-hybridized carbons (Fsp3) is 0.312. The van der Waals surface area contributed by atoms with Crippen LogP contribution in [0.5, 0.6) is 5.75 Å². The van der Waals surface area contributed by atoms with Crippen LogP contribution in [0.25, 0.3) is 21.8 Å². The number of methoxy groups -OCH3 is 1. The van der Waals surface area contributed by atoms with E-state index >= 15 is 0 Å². The lowest BCUT2D eigenvalue weighted by atomic mass is 9.74. The van der Waals surface area contributed by atoms with Gasteiger partial charge < -0.3 is 20.9 Å². The van der Waals surface area contributed by atoms with Gasteiger partial charge in [0, 0.05) is 40.1 Å². The minimum atomic E-state index is -4.95. The maximum atomic E-state index is 14.1. The number of alkyl halides is 3. The first-order valence-electron chi connectivity index (χ1n) is 13.7. The van der Waals surface area contributed by atoms with Gasteiger partial charge in [-0.1, -0.05) is 26.0 Å². The Balaban J connectivity index is 0.000000305. The molecular formula is C32H34F4N6O2. The topological polar surface area (TPSA) is 119 Å². The molecule has 0 saturated heterocycles. The number of anilines is 2. The average molecular weight is 611 g/mol. The highest BCUT2D eigenvalue weighted by Crippen LogP contribution is 2.44. The molecular weight excluding hydrogens is 576 g/mol. The number of nitrogen functional groups attached to an aromatic ring is 1. The molecule has 5 aromatic rings. The third-order valence-electron chi connectivity index (χ3n) is 7.25. The van der Waals surface area contributed by atoms with E-state index in [-0.39, 0.29) is 11.3 Å². The number of hydrogen-bond acceptors (Lipinski definition) is 8. The van der Waals surface area contributed by atoms with Crippen molar-refractivity contribution in [1.29, 1.82) is 0 Å². The summed E-state index contributed by atoms with van der Waals surface area (Å²) in [6, 6.07) is 14.3. The van der Waals surface area contributed by atoms with Crippen molar-refractivity contribution < 1.29 is 27.4 Å². The summed E-state index contributed by atoms with van der Waals surface area (Å²) in [5.74, 6) is 0.949. The van der Waals surface area contributed by atoms with Crippen molar-refractivity contribution in [2.45, 2.75) is 51.3 Å². The predicted molar refractivity (Wildman–Crippen MR) is 163 cm³/mol. The average Bonchev–Trinajstić information content (AvgIpc) is 2.95. The molecule has 0 aliphatic carbocycles. The molecule has 8 nitrogen and oxygen atoms in total. The summed E-state index contributed by atoms with van der Waals surface area (Å²) in [5, 5.41) is 15.0. The van der Waals surface area contributed by atoms with Gasteiger partial charge in [-0.25, -0.2) is 24.3 Å². The first-order chi connectivity index (χ1) is 20.6. The lowest BCUT2D eigenvalue weighted by Gasteiger charge is -2.38. The van der Waals surface area contributed by atoms with E-state index < -0.39 is 36.0 Å². The highest BCUT2D eigenvalue weighted by Gasteiger charge is 2.56. The van der Waals surface area contributed by atoms with Crippen LogP contribution in [0.1, 0.15) is 37.5 Å². The van der Waals surface area contributed by atoms with Crippen molar-refractivity contribution in [2.75, 3.05) is 24.7 Å². The van der Waals surface area contributed by atoms with E-state index in [4.69, 9.17) is 10.5 Å². The van der Waals surface area contributed by atoms with Gasteiger partial charge in [0.05, 0.1) is 24.7 Å². The van der Waals surface area contributed by atoms with E-state index in [1.807, 2.05) is 25.1 Å². The normalized spacial score (nSPS) is 13.2. The number of aryl methyl sites for hydroxylation is 2. The molecule has 1 atom stereocenters. The molecule has 0 saturated carbocycles. The van der Waals surface area contributed by atoms with Crippen LogP contribution in [-0.4, -0.2) is 50.5 Å². The van der Waals surface area contributed by atoms with Crippen LogP contribution in [0.4, 0.5) is 28.9 Å². The highest BCUT2D eigenvalue weighted by atomic mass is 19.4. The largest absolute Gasteiger partial charge is 0.496 e. The maximum Gasteiger partial charge on any atom is 0.418 e. The van der Waals surface area contributed by atoms with Crippen molar-refractivity contribution in [1.82, 2.24) is 19.9 Å².